The molecule has 88 valence electrons. The molecule has 0 aliphatic carbocycles. The van der Waals surface area contributed by atoms with Gasteiger partial charge in [0.15, 0.2) is 0 Å². The number of nitrogens with two attached hydrogens (primary N) is 1. The quantitative estimate of drug-likeness (QED) is 0.414. The summed E-state index contributed by atoms with van der Waals surface area (Å²) in [6.07, 6.45) is 5.03. The van der Waals surface area contributed by atoms with E-state index in [0.717, 1.165) is 13.1 Å². The normalized spacial score (nSPS) is 24.9. The fourth-order valence-electron chi connectivity index (χ4n) is 2.34. The van der Waals surface area contributed by atoms with E-state index < -0.39 is 0 Å². The Morgan fingerprint density at radius 2 is 2.33 bits per heavy atom. The molecule has 1 rings (SSSR count). The van der Waals surface area contributed by atoms with Gasteiger partial charge in [0.25, 0.3) is 0 Å². The highest BCUT2D eigenvalue weighted by Crippen LogP contribution is 2.20. The van der Waals surface area contributed by atoms with E-state index in [2.05, 4.69) is 17.2 Å². The van der Waals surface area contributed by atoms with Crippen LogP contribution in [-0.4, -0.2) is 29.9 Å². The molecule has 1 saturated heterocycles. The summed E-state index contributed by atoms with van der Waals surface area (Å²) < 4.78 is 0. The van der Waals surface area contributed by atoms with Crippen molar-refractivity contribution in [1.82, 2.24) is 10.3 Å². The Balaban J connectivity index is 2.43. The van der Waals surface area contributed by atoms with Gasteiger partial charge in [0.1, 0.15) is 0 Å². The Labute approximate surface area is 92.2 Å². The first kappa shape index (κ1) is 12.5. The van der Waals surface area contributed by atoms with Crippen LogP contribution in [0.2, 0.25) is 0 Å². The van der Waals surface area contributed by atoms with Crippen molar-refractivity contribution in [2.24, 2.45) is 11.8 Å². The summed E-state index contributed by atoms with van der Waals surface area (Å²) >= 11 is 0. The predicted molar refractivity (Wildman–Crippen MR) is 61.0 cm³/mol. The Hall–Kier alpha value is -0.610. The molecule has 1 heterocycles. The number of nitrogens with one attached hydrogen (secondary N) is 1. The molecular weight excluding hydrogens is 190 g/mol. The number of piperidine rings is 1. The van der Waals surface area contributed by atoms with Gasteiger partial charge in [0.05, 0.1) is 0 Å². The minimum Gasteiger partial charge on any atom is -0.300 e. The second-order valence-corrected chi connectivity index (χ2v) is 4.46. The summed E-state index contributed by atoms with van der Waals surface area (Å²) in [5, 5.41) is 0. The molecule has 4 nitrogen and oxygen atoms in total. The van der Waals surface area contributed by atoms with Gasteiger partial charge in [0.2, 0.25) is 5.91 Å². The second-order valence-electron chi connectivity index (χ2n) is 4.46. The van der Waals surface area contributed by atoms with E-state index in [1.165, 1.54) is 25.7 Å². The highest BCUT2D eigenvalue weighted by Gasteiger charge is 2.24. The van der Waals surface area contributed by atoms with Gasteiger partial charge in [-0.15, -0.1) is 0 Å². The number of hydrogen-bond acceptors (Lipinski definition) is 3. The monoisotopic (exact) mass is 213 g/mol. The summed E-state index contributed by atoms with van der Waals surface area (Å²) in [7, 11) is 0. The maximum atomic E-state index is 11.3. The Kier molecular flexibility index (Phi) is 5.05. The van der Waals surface area contributed by atoms with Gasteiger partial charge in [-0.05, 0) is 25.8 Å². The van der Waals surface area contributed by atoms with Crippen LogP contribution in [0, 0.1) is 5.92 Å². The Morgan fingerprint density at radius 3 is 2.93 bits per heavy atom. The summed E-state index contributed by atoms with van der Waals surface area (Å²) in [6.45, 7) is 6.11. The van der Waals surface area contributed by atoms with Crippen molar-refractivity contribution < 1.29 is 4.79 Å². The van der Waals surface area contributed by atoms with Crippen molar-refractivity contribution in [2.75, 3.05) is 13.1 Å². The molecular formula is C11H23N3O. The van der Waals surface area contributed by atoms with Gasteiger partial charge in [0, 0.05) is 18.5 Å². The lowest BCUT2D eigenvalue weighted by Crippen LogP contribution is -2.45. The van der Waals surface area contributed by atoms with Gasteiger partial charge in [-0.2, -0.15) is 0 Å². The number of nitrogens with zero attached hydrogens (tertiary/aromatic N) is 1. The van der Waals surface area contributed by atoms with Gasteiger partial charge in [-0.25, -0.2) is 5.84 Å². The molecule has 1 aliphatic rings. The summed E-state index contributed by atoms with van der Waals surface area (Å²) in [5.74, 6) is 5.06. The van der Waals surface area contributed by atoms with E-state index in [9.17, 15) is 4.79 Å². The molecule has 0 aromatic rings. The van der Waals surface area contributed by atoms with Gasteiger partial charge in [-0.1, -0.05) is 20.3 Å². The Bertz CT molecular complexity index is 208. The fourth-order valence-corrected chi connectivity index (χ4v) is 2.34. The van der Waals surface area contributed by atoms with E-state index in [4.69, 9.17) is 5.84 Å². The maximum absolute atomic E-state index is 11.3. The molecule has 3 N–H and O–H groups in total. The Morgan fingerprint density at radius 1 is 1.60 bits per heavy atom. The zero-order valence-corrected chi connectivity index (χ0v) is 9.83. The molecule has 0 radical (unpaired) electrons. The fraction of sp³-hybridized carbons (Fsp3) is 0.909. The van der Waals surface area contributed by atoms with Crippen LogP contribution in [0.25, 0.3) is 0 Å². The highest BCUT2D eigenvalue weighted by atomic mass is 16.2. The maximum Gasteiger partial charge on any atom is 0.237 e. The van der Waals surface area contributed by atoms with Crippen molar-refractivity contribution in [3.8, 4) is 0 Å². The van der Waals surface area contributed by atoms with Crippen LogP contribution in [0.1, 0.15) is 39.5 Å². The minimum atomic E-state index is -0.0598. The van der Waals surface area contributed by atoms with E-state index >= 15 is 0 Å². The number of carbonyl (C=O) groups is 1. The highest BCUT2D eigenvalue weighted by molar-refractivity contribution is 5.77. The number of hydrazine groups is 1. The smallest absolute Gasteiger partial charge is 0.237 e. The third-order valence-corrected chi connectivity index (χ3v) is 3.32. The third-order valence-electron chi connectivity index (χ3n) is 3.32. The molecule has 15 heavy (non-hydrogen) atoms. The molecule has 1 amide bonds. The van der Waals surface area contributed by atoms with Gasteiger partial charge < -0.3 is 0 Å². The van der Waals surface area contributed by atoms with E-state index in [0.29, 0.717) is 6.04 Å². The van der Waals surface area contributed by atoms with Crippen LogP contribution in [0.5, 0.6) is 0 Å². The van der Waals surface area contributed by atoms with Gasteiger partial charge in [-0.3, -0.25) is 15.1 Å². The van der Waals surface area contributed by atoms with Crippen LogP contribution in [0.3, 0.4) is 0 Å². The number of likely N-dealkylation sites (tertiary alicyclic amines) is 1. The lowest BCUT2D eigenvalue weighted by molar-refractivity contribution is -0.125. The van der Waals surface area contributed by atoms with E-state index in [1.807, 2.05) is 6.92 Å². The summed E-state index contributed by atoms with van der Waals surface area (Å²) in [4.78, 5) is 13.8. The third kappa shape index (κ3) is 3.47. The molecule has 0 bridgehead atoms. The van der Waals surface area contributed by atoms with Crippen LogP contribution >= 0.6 is 0 Å². The topological polar surface area (TPSA) is 58.4 Å². The first-order valence-electron chi connectivity index (χ1n) is 5.93. The molecule has 0 aromatic carbocycles. The molecule has 0 aromatic heterocycles. The van der Waals surface area contributed by atoms with Crippen LogP contribution in [0.4, 0.5) is 0 Å². The first-order valence-corrected chi connectivity index (χ1v) is 5.93. The van der Waals surface area contributed by atoms with Crippen molar-refractivity contribution in [3.05, 3.63) is 0 Å². The van der Waals surface area contributed by atoms with Crippen LogP contribution in [-0.2, 0) is 4.79 Å². The van der Waals surface area contributed by atoms with E-state index in [1.54, 1.807) is 0 Å². The first-order chi connectivity index (χ1) is 7.19. The van der Waals surface area contributed by atoms with E-state index in [-0.39, 0.29) is 11.8 Å². The molecule has 1 aliphatic heterocycles. The molecule has 2 unspecified atom stereocenters. The van der Waals surface area contributed by atoms with Crippen molar-refractivity contribution in [2.45, 2.75) is 45.6 Å². The molecule has 4 heteroatoms. The minimum absolute atomic E-state index is 0.0119. The van der Waals surface area contributed by atoms with Crippen LogP contribution in [0.15, 0.2) is 0 Å². The number of hydrogen-bond donors (Lipinski definition) is 2. The van der Waals surface area contributed by atoms with Crippen molar-refractivity contribution in [3.63, 3.8) is 0 Å². The zero-order chi connectivity index (χ0) is 11.3. The molecule has 1 fully saturated rings. The lowest BCUT2D eigenvalue weighted by Gasteiger charge is -2.36. The molecule has 2 atom stereocenters. The standard InChI is InChI=1S/C11H23N3O/c1-3-10-6-4-5-7-14(10)8-9(2)11(15)13-12/h9-10H,3-8,12H2,1-2H3,(H,13,15). The average molecular weight is 213 g/mol. The van der Waals surface area contributed by atoms with Crippen molar-refractivity contribution >= 4 is 5.91 Å². The van der Waals surface area contributed by atoms with Gasteiger partial charge >= 0.3 is 0 Å². The number of rotatable bonds is 4. The molecule has 0 saturated carbocycles. The zero-order valence-electron chi connectivity index (χ0n) is 9.83. The largest absolute Gasteiger partial charge is 0.300 e. The predicted octanol–water partition coefficient (Wildman–Crippen LogP) is 0.877. The number of carbonyl (C=O) groups excluding carboxylic acids is 1. The SMILES string of the molecule is CCC1CCCCN1CC(C)C(=O)NN. The van der Waals surface area contributed by atoms with Crippen LogP contribution < -0.4 is 11.3 Å². The average Bonchev–Trinajstić information content (AvgIpc) is 2.28. The lowest BCUT2D eigenvalue weighted by atomic mass is 9.98. The summed E-state index contributed by atoms with van der Waals surface area (Å²) in [5.41, 5.74) is 2.22. The number of amides is 1. The second kappa shape index (κ2) is 6.08. The molecule has 0 spiro atoms. The summed E-state index contributed by atoms with van der Waals surface area (Å²) in [6, 6.07) is 0.659. The van der Waals surface area contributed by atoms with Crippen molar-refractivity contribution in [1.29, 1.82) is 0 Å².